The van der Waals surface area contributed by atoms with Crippen molar-refractivity contribution in [2.24, 2.45) is 0 Å². The Labute approximate surface area is 174 Å². The van der Waals surface area contributed by atoms with Crippen LogP contribution in [0.3, 0.4) is 0 Å². The number of methoxy groups -OCH3 is 1. The largest absolute Gasteiger partial charge is 0.496 e. The molecule has 0 radical (unpaired) electrons. The van der Waals surface area contributed by atoms with Gasteiger partial charge < -0.3 is 15.0 Å². The number of hydrogen-bond donors (Lipinski definition) is 1. The Hall–Kier alpha value is -2.24. The van der Waals surface area contributed by atoms with Crippen LogP contribution in [0.25, 0.3) is 0 Å². The molecule has 2 amide bonds. The van der Waals surface area contributed by atoms with Crippen molar-refractivity contribution in [3.8, 4) is 5.75 Å². The highest BCUT2D eigenvalue weighted by Gasteiger charge is 2.35. The molecule has 0 aromatic heterocycles. The predicted molar refractivity (Wildman–Crippen MR) is 110 cm³/mol. The third-order valence-corrected chi connectivity index (χ3v) is 5.33. The van der Waals surface area contributed by atoms with Crippen molar-refractivity contribution in [1.82, 2.24) is 10.2 Å². The van der Waals surface area contributed by atoms with E-state index in [9.17, 15) is 9.59 Å². The summed E-state index contributed by atoms with van der Waals surface area (Å²) in [6, 6.07) is 11.5. The third kappa shape index (κ3) is 4.42. The number of ether oxygens (including phenoxy) is 1. The van der Waals surface area contributed by atoms with Gasteiger partial charge in [0.15, 0.2) is 0 Å². The Balaban J connectivity index is 1.74. The number of para-hydroxylation sites is 1. The first-order chi connectivity index (χ1) is 13.4. The van der Waals surface area contributed by atoms with Crippen LogP contribution in [0, 0.1) is 0 Å². The topological polar surface area (TPSA) is 58.6 Å². The number of halogens is 2. The van der Waals surface area contributed by atoms with Crippen molar-refractivity contribution < 1.29 is 14.3 Å². The fourth-order valence-electron chi connectivity index (χ4n) is 3.54. The minimum Gasteiger partial charge on any atom is -0.496 e. The lowest BCUT2D eigenvalue weighted by Gasteiger charge is -2.26. The number of carbonyl (C=O) groups is 2. The zero-order valence-electron chi connectivity index (χ0n) is 15.7. The van der Waals surface area contributed by atoms with Crippen LogP contribution < -0.4 is 10.1 Å². The fraction of sp³-hybridized carbons (Fsp3) is 0.333. The van der Waals surface area contributed by atoms with E-state index in [1.165, 1.54) is 0 Å². The van der Waals surface area contributed by atoms with E-state index in [1.807, 2.05) is 31.2 Å². The fourth-order valence-corrected chi connectivity index (χ4v) is 4.06. The second-order valence-electron chi connectivity index (χ2n) is 6.79. The van der Waals surface area contributed by atoms with Gasteiger partial charge in [0.1, 0.15) is 11.8 Å². The highest BCUT2D eigenvalue weighted by Crippen LogP contribution is 2.27. The average Bonchev–Trinajstić information content (AvgIpc) is 3.16. The molecule has 0 bridgehead atoms. The second kappa shape index (κ2) is 8.84. The van der Waals surface area contributed by atoms with Gasteiger partial charge >= 0.3 is 0 Å². The van der Waals surface area contributed by atoms with Crippen molar-refractivity contribution in [2.75, 3.05) is 13.7 Å². The van der Waals surface area contributed by atoms with Gasteiger partial charge in [-0.15, -0.1) is 0 Å². The molecule has 1 saturated heterocycles. The molecule has 148 valence electrons. The molecule has 1 heterocycles. The Morgan fingerprint density at radius 1 is 1.18 bits per heavy atom. The van der Waals surface area contributed by atoms with E-state index in [0.717, 1.165) is 12.0 Å². The number of amides is 2. The Bertz CT molecular complexity index is 867. The molecule has 3 rings (SSSR count). The maximum Gasteiger partial charge on any atom is 0.254 e. The summed E-state index contributed by atoms with van der Waals surface area (Å²) < 4.78 is 5.37. The van der Waals surface area contributed by atoms with E-state index < -0.39 is 6.04 Å². The molecule has 1 aliphatic rings. The van der Waals surface area contributed by atoms with Crippen LogP contribution in [0.2, 0.25) is 10.0 Å². The van der Waals surface area contributed by atoms with E-state index in [4.69, 9.17) is 27.9 Å². The summed E-state index contributed by atoms with van der Waals surface area (Å²) in [6.45, 7) is 2.41. The molecule has 5 nitrogen and oxygen atoms in total. The molecule has 2 aromatic carbocycles. The van der Waals surface area contributed by atoms with Gasteiger partial charge in [-0.1, -0.05) is 41.4 Å². The van der Waals surface area contributed by atoms with Gasteiger partial charge in [0, 0.05) is 27.7 Å². The normalized spacial score (nSPS) is 17.3. The molecule has 2 atom stereocenters. The predicted octanol–water partition coefficient (Wildman–Crippen LogP) is 4.48. The number of nitrogens with one attached hydrogen (secondary N) is 1. The van der Waals surface area contributed by atoms with Gasteiger partial charge in [-0.2, -0.15) is 0 Å². The van der Waals surface area contributed by atoms with Crippen LogP contribution in [-0.4, -0.2) is 36.4 Å². The van der Waals surface area contributed by atoms with Crippen molar-refractivity contribution in [3.63, 3.8) is 0 Å². The molecule has 0 spiro atoms. The Morgan fingerprint density at radius 3 is 2.54 bits per heavy atom. The van der Waals surface area contributed by atoms with Crippen LogP contribution in [-0.2, 0) is 4.79 Å². The molecule has 1 fully saturated rings. The van der Waals surface area contributed by atoms with E-state index in [0.29, 0.717) is 34.3 Å². The van der Waals surface area contributed by atoms with Crippen LogP contribution in [0.5, 0.6) is 5.75 Å². The lowest BCUT2D eigenvalue weighted by Crippen LogP contribution is -2.46. The summed E-state index contributed by atoms with van der Waals surface area (Å²) in [7, 11) is 1.60. The van der Waals surface area contributed by atoms with Gasteiger partial charge in [0.05, 0.1) is 13.2 Å². The smallest absolute Gasteiger partial charge is 0.254 e. The zero-order chi connectivity index (χ0) is 20.3. The number of hydrogen-bond acceptors (Lipinski definition) is 3. The van der Waals surface area contributed by atoms with Crippen molar-refractivity contribution >= 4 is 35.0 Å². The van der Waals surface area contributed by atoms with Crippen molar-refractivity contribution in [3.05, 3.63) is 63.6 Å². The standard InChI is InChI=1S/C21H22Cl2N2O3/c1-13(17-6-3-4-8-19(17)28-2)24-20(26)18-7-5-9-25(18)21(27)14-10-15(22)12-16(23)11-14/h3-4,6,8,10-13,18H,5,7,9H2,1-2H3,(H,24,26)/t13-,18-/m1/s1. The number of nitrogens with zero attached hydrogens (tertiary/aromatic N) is 1. The first kappa shape index (κ1) is 20.5. The molecule has 2 aromatic rings. The zero-order valence-corrected chi connectivity index (χ0v) is 17.3. The number of rotatable bonds is 5. The van der Waals surface area contributed by atoms with Crippen LogP contribution in [0.15, 0.2) is 42.5 Å². The molecular weight excluding hydrogens is 399 g/mol. The average molecular weight is 421 g/mol. The SMILES string of the molecule is COc1ccccc1[C@@H](C)NC(=O)[C@H]1CCCN1C(=O)c1cc(Cl)cc(Cl)c1. The van der Waals surface area contributed by atoms with Crippen LogP contribution >= 0.6 is 23.2 Å². The lowest BCUT2D eigenvalue weighted by molar-refractivity contribution is -0.125. The maximum absolute atomic E-state index is 12.9. The summed E-state index contributed by atoms with van der Waals surface area (Å²) in [5.74, 6) is 0.285. The molecule has 0 aliphatic carbocycles. The molecule has 7 heteroatoms. The van der Waals surface area contributed by atoms with Crippen molar-refractivity contribution in [1.29, 1.82) is 0 Å². The molecule has 1 N–H and O–H groups in total. The van der Waals surface area contributed by atoms with Crippen LogP contribution in [0.1, 0.15) is 41.7 Å². The Kier molecular flexibility index (Phi) is 6.47. The van der Waals surface area contributed by atoms with Gasteiger partial charge in [-0.05, 0) is 44.0 Å². The number of likely N-dealkylation sites (tertiary alicyclic amines) is 1. The van der Waals surface area contributed by atoms with E-state index in [2.05, 4.69) is 5.32 Å². The molecular formula is C21H22Cl2N2O3. The lowest BCUT2D eigenvalue weighted by atomic mass is 10.1. The monoisotopic (exact) mass is 420 g/mol. The first-order valence-electron chi connectivity index (χ1n) is 9.11. The van der Waals surface area contributed by atoms with Gasteiger partial charge in [0.25, 0.3) is 5.91 Å². The van der Waals surface area contributed by atoms with Crippen molar-refractivity contribution in [2.45, 2.75) is 31.8 Å². The molecule has 0 saturated carbocycles. The van der Waals surface area contributed by atoms with Gasteiger partial charge in [0.2, 0.25) is 5.91 Å². The van der Waals surface area contributed by atoms with E-state index in [1.54, 1.807) is 30.2 Å². The van der Waals surface area contributed by atoms with Gasteiger partial charge in [-0.3, -0.25) is 9.59 Å². The van der Waals surface area contributed by atoms with E-state index in [-0.39, 0.29) is 17.9 Å². The number of carbonyl (C=O) groups excluding carboxylic acids is 2. The minimum atomic E-state index is -0.526. The highest BCUT2D eigenvalue weighted by atomic mass is 35.5. The summed E-state index contributed by atoms with van der Waals surface area (Å²) in [5, 5.41) is 3.79. The Morgan fingerprint density at radius 2 is 1.86 bits per heavy atom. The third-order valence-electron chi connectivity index (χ3n) is 4.89. The summed E-state index contributed by atoms with van der Waals surface area (Å²) in [5.41, 5.74) is 1.27. The molecule has 1 aliphatic heterocycles. The summed E-state index contributed by atoms with van der Waals surface area (Å²) in [6.07, 6.45) is 1.38. The summed E-state index contributed by atoms with van der Waals surface area (Å²) in [4.78, 5) is 27.4. The molecule has 0 unspecified atom stereocenters. The minimum absolute atomic E-state index is 0.183. The van der Waals surface area contributed by atoms with E-state index >= 15 is 0 Å². The second-order valence-corrected chi connectivity index (χ2v) is 7.66. The van der Waals surface area contributed by atoms with Gasteiger partial charge in [-0.25, -0.2) is 0 Å². The summed E-state index contributed by atoms with van der Waals surface area (Å²) >= 11 is 12.0. The maximum atomic E-state index is 12.9. The highest BCUT2D eigenvalue weighted by molar-refractivity contribution is 6.35. The molecule has 28 heavy (non-hydrogen) atoms. The first-order valence-corrected chi connectivity index (χ1v) is 9.86. The number of benzene rings is 2. The quantitative estimate of drug-likeness (QED) is 0.775. The van der Waals surface area contributed by atoms with Crippen LogP contribution in [0.4, 0.5) is 0 Å².